The molecule has 0 unspecified atom stereocenters. The molecule has 0 aromatic rings. The number of ether oxygens (including phenoxy) is 1. The van der Waals surface area contributed by atoms with E-state index in [0.717, 1.165) is 4.90 Å². The lowest BCUT2D eigenvalue weighted by Gasteiger charge is -2.26. The summed E-state index contributed by atoms with van der Waals surface area (Å²) in [6.07, 6.45) is -1.04. The van der Waals surface area contributed by atoms with Gasteiger partial charge in [0.05, 0.1) is 0 Å². The van der Waals surface area contributed by atoms with Crippen molar-refractivity contribution in [3.8, 4) is 0 Å². The Hall–Kier alpha value is -1.26. The second-order valence-electron chi connectivity index (χ2n) is 4.51. The topological polar surface area (TPSA) is 66.8 Å². The van der Waals surface area contributed by atoms with Crippen molar-refractivity contribution in [3.63, 3.8) is 0 Å². The molecule has 1 heterocycles. The second kappa shape index (κ2) is 4.08. The largest absolute Gasteiger partial charge is 0.480 e. The Kier molecular flexibility index (Phi) is 2.79. The standard InChI is InChI=1S/C10H17NO4/c1-10(2,3)15-9(14)11-6-4-5-7(11)8(12)13/h7H,4-6H2,1-3H3,(H,12,13)/t7-/m0/s1/i4D/t4-,7+/m1. The van der Waals surface area contributed by atoms with Crippen molar-refractivity contribution in [2.75, 3.05) is 6.54 Å². The first-order valence-electron chi connectivity index (χ1n) is 5.43. The van der Waals surface area contributed by atoms with Gasteiger partial charge in [-0.05, 0) is 33.6 Å². The van der Waals surface area contributed by atoms with Crippen LogP contribution in [0.4, 0.5) is 4.79 Å². The minimum absolute atomic E-state index is 0.117. The van der Waals surface area contributed by atoms with Crippen molar-refractivity contribution < 1.29 is 20.8 Å². The Morgan fingerprint density at radius 2 is 2.13 bits per heavy atom. The number of carbonyl (C=O) groups excluding carboxylic acids is 1. The molecular weight excluding hydrogens is 198 g/mol. The maximum Gasteiger partial charge on any atom is 0.411 e. The Balaban J connectivity index is 2.71. The van der Waals surface area contributed by atoms with E-state index >= 15 is 0 Å². The van der Waals surface area contributed by atoms with Crippen molar-refractivity contribution in [1.29, 1.82) is 0 Å². The molecule has 2 atom stereocenters. The summed E-state index contributed by atoms with van der Waals surface area (Å²) in [4.78, 5) is 23.7. The van der Waals surface area contributed by atoms with Crippen LogP contribution in [-0.2, 0) is 9.53 Å². The van der Waals surface area contributed by atoms with E-state index in [1.165, 1.54) is 0 Å². The maximum absolute atomic E-state index is 11.7. The van der Waals surface area contributed by atoms with Crippen molar-refractivity contribution in [1.82, 2.24) is 4.90 Å². The highest BCUT2D eigenvalue weighted by molar-refractivity contribution is 5.80. The van der Waals surface area contributed by atoms with Gasteiger partial charge in [-0.3, -0.25) is 4.90 Å². The average molecular weight is 216 g/mol. The van der Waals surface area contributed by atoms with E-state index in [0.29, 0.717) is 0 Å². The molecule has 1 aliphatic heterocycles. The maximum atomic E-state index is 11.7. The lowest BCUT2D eigenvalue weighted by atomic mass is 10.2. The van der Waals surface area contributed by atoms with Gasteiger partial charge in [0.25, 0.3) is 0 Å². The molecule has 15 heavy (non-hydrogen) atoms. The molecule has 1 amide bonds. The average Bonchev–Trinajstić information content (AvgIpc) is 2.44. The lowest BCUT2D eigenvalue weighted by Crippen LogP contribution is -2.43. The van der Waals surface area contributed by atoms with Crippen LogP contribution in [0.3, 0.4) is 0 Å². The zero-order chi connectivity index (χ0) is 12.5. The predicted molar refractivity (Wildman–Crippen MR) is 53.6 cm³/mol. The van der Waals surface area contributed by atoms with Gasteiger partial charge < -0.3 is 9.84 Å². The number of carboxylic acids is 1. The molecule has 0 bridgehead atoms. The fourth-order valence-electron chi connectivity index (χ4n) is 1.38. The van der Waals surface area contributed by atoms with Gasteiger partial charge in [-0.1, -0.05) is 0 Å². The molecule has 0 saturated carbocycles. The Morgan fingerprint density at radius 3 is 2.60 bits per heavy atom. The van der Waals surface area contributed by atoms with Gasteiger partial charge in [-0.2, -0.15) is 0 Å². The van der Waals surface area contributed by atoms with E-state index in [2.05, 4.69) is 0 Å². The van der Waals surface area contributed by atoms with Gasteiger partial charge in [0.2, 0.25) is 0 Å². The van der Waals surface area contributed by atoms with E-state index in [1.807, 2.05) is 0 Å². The fraction of sp³-hybridized carbons (Fsp3) is 0.800. The van der Waals surface area contributed by atoms with Crippen LogP contribution < -0.4 is 0 Å². The molecule has 0 spiro atoms. The third-order valence-corrected chi connectivity index (χ3v) is 2.01. The minimum Gasteiger partial charge on any atom is -0.480 e. The molecular formula is C10H17NO4. The lowest BCUT2D eigenvalue weighted by molar-refractivity contribution is -0.142. The van der Waals surface area contributed by atoms with Crippen LogP contribution in [0.2, 0.25) is 0 Å². The first-order valence-corrected chi connectivity index (χ1v) is 4.85. The number of carboxylic acid groups (broad SMARTS) is 1. The zero-order valence-electron chi connectivity index (χ0n) is 10.2. The van der Waals surface area contributed by atoms with Gasteiger partial charge in [0.15, 0.2) is 0 Å². The summed E-state index contributed by atoms with van der Waals surface area (Å²) in [6.45, 7) is 5.27. The predicted octanol–water partition coefficient (Wildman–Crippen LogP) is 1.47. The SMILES string of the molecule is [2H][C@@H]1C[C@@H](C(=O)O)N(C(=O)OC(C)(C)C)C1. The molecule has 1 saturated heterocycles. The summed E-state index contributed by atoms with van der Waals surface area (Å²) in [5.74, 6) is -1.08. The Morgan fingerprint density at radius 1 is 1.53 bits per heavy atom. The molecule has 1 fully saturated rings. The van der Waals surface area contributed by atoms with Gasteiger partial charge in [-0.15, -0.1) is 0 Å². The van der Waals surface area contributed by atoms with Crippen LogP contribution >= 0.6 is 0 Å². The summed E-state index contributed by atoms with van der Waals surface area (Å²) in [5, 5.41) is 8.92. The number of hydrogen-bond acceptors (Lipinski definition) is 3. The van der Waals surface area contributed by atoms with Crippen LogP contribution in [0.25, 0.3) is 0 Å². The number of likely N-dealkylation sites (tertiary alicyclic amines) is 1. The number of aliphatic carboxylic acids is 1. The quantitative estimate of drug-likeness (QED) is 0.720. The van der Waals surface area contributed by atoms with Crippen LogP contribution in [0.1, 0.15) is 35.0 Å². The summed E-state index contributed by atoms with van der Waals surface area (Å²) in [6, 6.07) is -0.933. The number of hydrogen-bond donors (Lipinski definition) is 1. The van der Waals surface area contributed by atoms with Crippen molar-refractivity contribution in [3.05, 3.63) is 0 Å². The van der Waals surface area contributed by atoms with Crippen molar-refractivity contribution in [2.45, 2.75) is 45.2 Å². The smallest absolute Gasteiger partial charge is 0.411 e. The summed E-state index contributed by atoms with van der Waals surface area (Å²) >= 11 is 0. The summed E-state index contributed by atoms with van der Waals surface area (Å²) in [7, 11) is 0. The third kappa shape index (κ3) is 3.11. The van der Waals surface area contributed by atoms with Crippen LogP contribution in [0.15, 0.2) is 0 Å². The molecule has 1 aliphatic rings. The monoisotopic (exact) mass is 216 g/mol. The highest BCUT2D eigenvalue weighted by atomic mass is 16.6. The van der Waals surface area contributed by atoms with E-state index < -0.39 is 30.1 Å². The molecule has 1 N–H and O–H groups in total. The Labute approximate surface area is 90.4 Å². The van der Waals surface area contributed by atoms with Crippen LogP contribution in [0, 0.1) is 0 Å². The van der Waals surface area contributed by atoms with Gasteiger partial charge >= 0.3 is 12.1 Å². The number of carbonyl (C=O) groups is 2. The van der Waals surface area contributed by atoms with E-state index in [9.17, 15) is 9.59 Å². The van der Waals surface area contributed by atoms with Crippen molar-refractivity contribution in [2.24, 2.45) is 0 Å². The molecule has 86 valence electrons. The molecule has 0 aliphatic carbocycles. The summed E-state index contributed by atoms with van der Waals surface area (Å²) in [5.41, 5.74) is -0.653. The molecule has 5 nitrogen and oxygen atoms in total. The van der Waals surface area contributed by atoms with E-state index in [1.54, 1.807) is 20.8 Å². The highest BCUT2D eigenvalue weighted by Crippen LogP contribution is 2.20. The first-order chi connectivity index (χ1) is 7.20. The van der Waals surface area contributed by atoms with E-state index in [4.69, 9.17) is 11.2 Å². The summed E-state index contributed by atoms with van der Waals surface area (Å²) < 4.78 is 12.6. The minimum atomic E-state index is -1.08. The third-order valence-electron chi connectivity index (χ3n) is 2.01. The second-order valence-corrected chi connectivity index (χ2v) is 4.51. The van der Waals surface area contributed by atoms with Crippen molar-refractivity contribution >= 4 is 12.1 Å². The van der Waals surface area contributed by atoms with Gasteiger partial charge in [0.1, 0.15) is 11.6 Å². The first kappa shape index (κ1) is 10.3. The Bertz CT molecular complexity index is 300. The highest BCUT2D eigenvalue weighted by Gasteiger charge is 2.36. The normalized spacial score (nSPS) is 27.4. The number of nitrogens with zero attached hydrogens (tertiary/aromatic N) is 1. The molecule has 5 heteroatoms. The van der Waals surface area contributed by atoms with E-state index in [-0.39, 0.29) is 13.0 Å². The van der Waals surface area contributed by atoms with Gasteiger partial charge in [0, 0.05) is 7.92 Å². The number of amides is 1. The molecule has 1 rings (SSSR count). The van der Waals surface area contributed by atoms with Crippen LogP contribution in [-0.4, -0.2) is 40.3 Å². The van der Waals surface area contributed by atoms with Gasteiger partial charge in [-0.25, -0.2) is 9.59 Å². The molecule has 0 radical (unpaired) electrons. The zero-order valence-corrected chi connectivity index (χ0v) is 9.19. The molecule has 0 aromatic heterocycles. The van der Waals surface area contributed by atoms with Crippen LogP contribution in [0.5, 0.6) is 0 Å². The number of rotatable bonds is 1. The fourth-order valence-corrected chi connectivity index (χ4v) is 1.38. The molecule has 0 aromatic carbocycles.